The van der Waals surface area contributed by atoms with Gasteiger partial charge in [0.25, 0.3) is 5.56 Å². The van der Waals surface area contributed by atoms with E-state index in [1.54, 1.807) is 0 Å². The molecule has 0 bridgehead atoms. The molecule has 1 amide bonds. The first-order chi connectivity index (χ1) is 13.4. The fraction of sp³-hybridized carbons (Fsp3) is 0.350. The lowest BCUT2D eigenvalue weighted by Gasteiger charge is -2.08. The molecule has 0 fully saturated rings. The van der Waals surface area contributed by atoms with Crippen LogP contribution in [-0.4, -0.2) is 21.6 Å². The van der Waals surface area contributed by atoms with Crippen LogP contribution < -0.4 is 10.9 Å². The summed E-state index contributed by atoms with van der Waals surface area (Å²) in [7, 11) is 0. The average molecular weight is 420 g/mol. The van der Waals surface area contributed by atoms with Crippen molar-refractivity contribution in [3.63, 3.8) is 0 Å². The number of aryl methyl sites for hydroxylation is 1. The second-order valence-corrected chi connectivity index (χ2v) is 8.92. The lowest BCUT2D eigenvalue weighted by atomic mass is 9.98. The number of halogens is 1. The number of carbonyl (C=O) groups excluding carboxylic acids is 1. The smallest absolute Gasteiger partial charge is 0.260 e. The van der Waals surface area contributed by atoms with Crippen molar-refractivity contribution < 1.29 is 9.18 Å². The second kappa shape index (κ2) is 8.87. The summed E-state index contributed by atoms with van der Waals surface area (Å²) in [6.45, 7) is 6.34. The van der Waals surface area contributed by atoms with E-state index >= 15 is 0 Å². The molecule has 3 rings (SSSR count). The van der Waals surface area contributed by atoms with Gasteiger partial charge in [0.05, 0.1) is 11.1 Å². The van der Waals surface area contributed by atoms with Crippen LogP contribution in [0.4, 0.5) is 10.1 Å². The molecule has 1 atom stereocenters. The highest BCUT2D eigenvalue weighted by molar-refractivity contribution is 7.99. The van der Waals surface area contributed by atoms with Crippen molar-refractivity contribution in [3.05, 3.63) is 50.9 Å². The fourth-order valence-electron chi connectivity index (χ4n) is 2.83. The fourth-order valence-corrected chi connectivity index (χ4v) is 4.60. The zero-order valence-electron chi connectivity index (χ0n) is 16.0. The molecule has 2 aromatic heterocycles. The van der Waals surface area contributed by atoms with E-state index in [0.29, 0.717) is 27.0 Å². The van der Waals surface area contributed by atoms with Gasteiger partial charge in [0.15, 0.2) is 5.16 Å². The summed E-state index contributed by atoms with van der Waals surface area (Å²) in [4.78, 5) is 33.9. The predicted molar refractivity (Wildman–Crippen MR) is 114 cm³/mol. The maximum Gasteiger partial charge on any atom is 0.260 e. The molecule has 3 aromatic rings. The lowest BCUT2D eigenvalue weighted by molar-refractivity contribution is -0.113. The highest BCUT2D eigenvalue weighted by Gasteiger charge is 2.17. The number of thioether (sulfide) groups is 1. The molecule has 1 aromatic carbocycles. The summed E-state index contributed by atoms with van der Waals surface area (Å²) >= 11 is 2.68. The Bertz CT molecular complexity index is 1040. The Morgan fingerprint density at radius 3 is 2.75 bits per heavy atom. The van der Waals surface area contributed by atoms with Crippen molar-refractivity contribution in [2.45, 2.75) is 38.8 Å². The molecule has 8 heteroatoms. The van der Waals surface area contributed by atoms with Crippen LogP contribution in [0, 0.1) is 18.7 Å². The van der Waals surface area contributed by atoms with Gasteiger partial charge in [0.2, 0.25) is 5.91 Å². The van der Waals surface area contributed by atoms with Gasteiger partial charge in [-0.05, 0) is 49.1 Å². The third-order valence-electron chi connectivity index (χ3n) is 4.56. The maximum absolute atomic E-state index is 12.9. The Morgan fingerprint density at radius 1 is 1.36 bits per heavy atom. The molecule has 0 aliphatic rings. The third kappa shape index (κ3) is 4.80. The molecule has 5 nitrogen and oxygen atoms in total. The largest absolute Gasteiger partial charge is 0.325 e. The quantitative estimate of drug-likeness (QED) is 0.428. The Labute approximate surface area is 170 Å². The normalized spacial score (nSPS) is 12.3. The maximum atomic E-state index is 12.9. The van der Waals surface area contributed by atoms with Gasteiger partial charge in [-0.3, -0.25) is 9.59 Å². The number of rotatable bonds is 7. The van der Waals surface area contributed by atoms with Gasteiger partial charge in [-0.15, -0.1) is 11.3 Å². The van der Waals surface area contributed by atoms with Crippen LogP contribution in [0.3, 0.4) is 0 Å². The summed E-state index contributed by atoms with van der Waals surface area (Å²) in [5.74, 6) is -0.0173. The van der Waals surface area contributed by atoms with Gasteiger partial charge < -0.3 is 10.3 Å². The molecule has 0 unspecified atom stereocenters. The third-order valence-corrected chi connectivity index (χ3v) is 6.47. The van der Waals surface area contributed by atoms with Gasteiger partial charge in [-0.2, -0.15) is 0 Å². The standard InChI is InChI=1S/C20H22FN3O2S2/c1-4-11(2)9-15-12(3)28-19-17(15)18(26)23-20(24-19)27-10-16(25)22-14-7-5-13(21)6-8-14/h5-8,11H,4,9-10H2,1-3H3,(H,22,25)(H,23,24,26)/t11-/m0/s1. The number of amides is 1. The van der Waals surface area contributed by atoms with Crippen molar-refractivity contribution in [1.29, 1.82) is 0 Å². The molecule has 0 spiro atoms. The van der Waals surface area contributed by atoms with E-state index in [-0.39, 0.29) is 23.0 Å². The van der Waals surface area contributed by atoms with Crippen molar-refractivity contribution in [2.24, 2.45) is 5.92 Å². The number of hydrogen-bond donors (Lipinski definition) is 2. The van der Waals surface area contributed by atoms with Crippen LogP contribution >= 0.6 is 23.1 Å². The van der Waals surface area contributed by atoms with Crippen molar-refractivity contribution >= 4 is 44.9 Å². The molecule has 0 radical (unpaired) electrons. The monoisotopic (exact) mass is 419 g/mol. The van der Waals surface area contributed by atoms with Gasteiger partial charge in [-0.25, -0.2) is 9.37 Å². The number of carbonyl (C=O) groups is 1. The summed E-state index contributed by atoms with van der Waals surface area (Å²) < 4.78 is 12.9. The topological polar surface area (TPSA) is 74.8 Å². The van der Waals surface area contributed by atoms with Crippen molar-refractivity contribution in [1.82, 2.24) is 9.97 Å². The summed E-state index contributed by atoms with van der Waals surface area (Å²) in [5, 5.41) is 3.78. The minimum Gasteiger partial charge on any atom is -0.325 e. The number of nitrogens with one attached hydrogen (secondary N) is 2. The summed E-state index contributed by atoms with van der Waals surface area (Å²) in [5.41, 5.74) is 1.44. The zero-order valence-corrected chi connectivity index (χ0v) is 17.6. The van der Waals surface area contributed by atoms with E-state index < -0.39 is 0 Å². The highest BCUT2D eigenvalue weighted by atomic mass is 32.2. The number of aromatic nitrogens is 2. The molecule has 0 aliphatic heterocycles. The molecule has 0 saturated heterocycles. The number of hydrogen-bond acceptors (Lipinski definition) is 5. The molecule has 28 heavy (non-hydrogen) atoms. The van der Waals surface area contributed by atoms with Crippen LogP contribution in [-0.2, 0) is 11.2 Å². The molecule has 0 aliphatic carbocycles. The van der Waals surface area contributed by atoms with E-state index in [0.717, 1.165) is 23.3 Å². The summed E-state index contributed by atoms with van der Waals surface area (Å²) in [6, 6.07) is 5.56. The van der Waals surface area contributed by atoms with Crippen molar-refractivity contribution in [3.8, 4) is 0 Å². The van der Waals surface area contributed by atoms with E-state index in [1.807, 2.05) is 6.92 Å². The summed E-state index contributed by atoms with van der Waals surface area (Å²) in [6.07, 6.45) is 1.92. The van der Waals surface area contributed by atoms with Crippen molar-refractivity contribution in [2.75, 3.05) is 11.1 Å². The minimum atomic E-state index is -0.360. The SMILES string of the molecule is CC[C@H](C)Cc1c(C)sc2nc(SCC(=O)Nc3ccc(F)cc3)[nH]c(=O)c12. The number of anilines is 1. The number of nitrogens with zero attached hydrogens (tertiary/aromatic N) is 1. The molecule has 2 N–H and O–H groups in total. The number of H-pyrrole nitrogens is 1. The minimum absolute atomic E-state index is 0.0932. The Kier molecular flexibility index (Phi) is 6.51. The van der Waals surface area contributed by atoms with Gasteiger partial charge in [-0.1, -0.05) is 32.0 Å². The van der Waals surface area contributed by atoms with E-state index in [9.17, 15) is 14.0 Å². The van der Waals surface area contributed by atoms with Crippen LogP contribution in [0.1, 0.15) is 30.7 Å². The first-order valence-corrected chi connectivity index (χ1v) is 10.9. The average Bonchev–Trinajstić information content (AvgIpc) is 2.97. The molecule has 0 saturated carbocycles. The van der Waals surface area contributed by atoms with E-state index in [2.05, 4.69) is 29.1 Å². The van der Waals surface area contributed by atoms with Crippen LogP contribution in [0.15, 0.2) is 34.2 Å². The van der Waals surface area contributed by atoms with Crippen LogP contribution in [0.5, 0.6) is 0 Å². The number of aromatic amines is 1. The molecule has 148 valence electrons. The first-order valence-electron chi connectivity index (χ1n) is 9.07. The lowest BCUT2D eigenvalue weighted by Crippen LogP contribution is -2.15. The van der Waals surface area contributed by atoms with Gasteiger partial charge >= 0.3 is 0 Å². The molecule has 2 heterocycles. The molecular formula is C20H22FN3O2S2. The van der Waals surface area contributed by atoms with Crippen LogP contribution in [0.25, 0.3) is 10.2 Å². The van der Waals surface area contributed by atoms with E-state index in [4.69, 9.17) is 0 Å². The Balaban J connectivity index is 1.73. The van der Waals surface area contributed by atoms with E-state index in [1.165, 1.54) is 47.4 Å². The van der Waals surface area contributed by atoms with Crippen LogP contribution in [0.2, 0.25) is 0 Å². The van der Waals surface area contributed by atoms with Gasteiger partial charge in [0.1, 0.15) is 10.6 Å². The predicted octanol–water partition coefficient (Wildman–Crippen LogP) is 4.75. The highest BCUT2D eigenvalue weighted by Crippen LogP contribution is 2.30. The molecular weight excluding hydrogens is 397 g/mol. The number of fused-ring (bicyclic) bond motifs is 1. The van der Waals surface area contributed by atoms with Gasteiger partial charge in [0, 0.05) is 10.6 Å². The first kappa shape index (κ1) is 20.5. The second-order valence-electron chi connectivity index (χ2n) is 6.75. The zero-order chi connectivity index (χ0) is 20.3. The Hall–Kier alpha value is -2.19. The Morgan fingerprint density at radius 2 is 2.07 bits per heavy atom. The number of benzene rings is 1. The number of thiophene rings is 1.